The number of likely N-dealkylation sites (tertiary alicyclic amines) is 1. The molecule has 2 aliphatic heterocycles. The van der Waals surface area contributed by atoms with Gasteiger partial charge in [0.25, 0.3) is 11.5 Å². The number of H-pyrrole nitrogens is 1. The highest BCUT2D eigenvalue weighted by Crippen LogP contribution is 2.31. The SMILES string of the molecule is Cc1cc(C)c(CNC(=O)c2cc(-c3ccc(N4CCN(CCNC(=O)CCCC(=O)NC(C(=O)N5C[C@H](O)C[C@H]5C(=O)NCc5ccc(-c6scnc6C)cc5)C(C)(C)C)CC4)nc3)cc(NC(C)C)c2C=N)c(=O)[nH]1. The van der Waals surface area contributed by atoms with Gasteiger partial charge in [-0.1, -0.05) is 45.0 Å². The summed E-state index contributed by atoms with van der Waals surface area (Å²) in [5.74, 6) is -0.963. The van der Waals surface area contributed by atoms with Crippen LogP contribution in [0.3, 0.4) is 0 Å². The molecule has 19 nitrogen and oxygen atoms in total. The van der Waals surface area contributed by atoms with Crippen LogP contribution in [0.1, 0.15) is 104 Å². The zero-order valence-electron chi connectivity index (χ0n) is 45.5. The number of aryl methyl sites for hydroxylation is 3. The highest BCUT2D eigenvalue weighted by molar-refractivity contribution is 7.13. The van der Waals surface area contributed by atoms with Crippen molar-refractivity contribution in [3.8, 4) is 21.6 Å². The normalized spacial score (nSPS) is 16.2. The number of aliphatic hydroxyl groups is 1. The Bertz CT molecular complexity index is 2980. The van der Waals surface area contributed by atoms with Gasteiger partial charge in [0.15, 0.2) is 0 Å². The summed E-state index contributed by atoms with van der Waals surface area (Å²) < 4.78 is 0. The summed E-state index contributed by atoms with van der Waals surface area (Å²) >= 11 is 1.57. The number of piperazine rings is 1. The van der Waals surface area contributed by atoms with Crippen LogP contribution in [0.25, 0.3) is 21.6 Å². The maximum Gasteiger partial charge on any atom is 0.253 e. The van der Waals surface area contributed by atoms with Crippen molar-refractivity contribution in [3.63, 3.8) is 0 Å². The molecule has 0 spiro atoms. The van der Waals surface area contributed by atoms with Crippen LogP contribution in [0, 0.1) is 31.6 Å². The Balaban J connectivity index is 0.838. The number of benzene rings is 2. The Morgan fingerprint density at radius 1 is 0.883 bits per heavy atom. The second-order valence-electron chi connectivity index (χ2n) is 21.4. The van der Waals surface area contributed by atoms with E-state index in [9.17, 15) is 33.9 Å². The fraction of sp³-hybridized carbons (Fsp3) is 0.456. The Morgan fingerprint density at radius 3 is 2.23 bits per heavy atom. The molecule has 1 unspecified atom stereocenters. The first-order valence-electron chi connectivity index (χ1n) is 26.4. The summed E-state index contributed by atoms with van der Waals surface area (Å²) in [5, 5.41) is 33.9. The number of carbonyl (C=O) groups excluding carboxylic acids is 5. The molecule has 0 saturated carbocycles. The van der Waals surface area contributed by atoms with E-state index < -0.39 is 35.4 Å². The molecule has 0 bridgehead atoms. The minimum atomic E-state index is -0.967. The molecule has 20 heteroatoms. The van der Waals surface area contributed by atoms with E-state index in [2.05, 4.69) is 46.4 Å². The molecule has 2 saturated heterocycles. The van der Waals surface area contributed by atoms with Gasteiger partial charge in [-0.05, 0) is 99.0 Å². The molecule has 410 valence electrons. The van der Waals surface area contributed by atoms with Crippen molar-refractivity contribution < 1.29 is 29.1 Å². The number of thiazole rings is 1. The van der Waals surface area contributed by atoms with Crippen LogP contribution in [0.5, 0.6) is 0 Å². The third-order valence-electron chi connectivity index (χ3n) is 14.0. The van der Waals surface area contributed by atoms with E-state index in [0.29, 0.717) is 35.5 Å². The van der Waals surface area contributed by atoms with E-state index >= 15 is 0 Å². The first-order chi connectivity index (χ1) is 36.7. The number of nitrogens with one attached hydrogen (secondary N) is 7. The molecule has 3 atom stereocenters. The van der Waals surface area contributed by atoms with Crippen molar-refractivity contribution in [3.05, 3.63) is 116 Å². The van der Waals surface area contributed by atoms with Crippen molar-refractivity contribution in [2.45, 2.75) is 118 Å². The topological polar surface area (TPSA) is 258 Å². The number of rotatable bonds is 21. The number of nitrogens with zero attached hydrogens (tertiary/aromatic N) is 5. The third-order valence-corrected chi connectivity index (χ3v) is 15.0. The number of hydrogen-bond acceptors (Lipinski definition) is 14. The zero-order valence-corrected chi connectivity index (χ0v) is 46.3. The molecule has 2 aromatic carbocycles. The van der Waals surface area contributed by atoms with Gasteiger partial charge >= 0.3 is 0 Å². The van der Waals surface area contributed by atoms with Crippen molar-refractivity contribution in [1.29, 1.82) is 5.41 Å². The standard InChI is InChI=1S/C57H74N12O7S/c1-34(2)64-46-26-41(25-43(44(46)28-58)53(73)62-31-45-35(3)24-36(4)65-54(45)74)40-16-17-48(60-30-40)68-22-20-67(21-23-68)19-18-59-49(71)10-9-11-50(72)66-52(57(6,7)8)56(76)69-32-42(70)27-47(69)55(75)61-29-38-12-14-39(15-13-38)51-37(5)63-33-77-51/h12-17,24-26,28,30,33-34,42,47,52,58,64,70H,9-11,18-23,27,29,31-32H2,1-8H3,(H,59,71)(H,61,75)(H,62,73)(H,65,74)(H,66,72)/t42-,47+,52?/m1/s1. The summed E-state index contributed by atoms with van der Waals surface area (Å²) in [6, 6.07) is 15.5. The number of carbonyl (C=O) groups is 5. The summed E-state index contributed by atoms with van der Waals surface area (Å²) in [7, 11) is 0. The molecule has 3 aromatic heterocycles. The van der Waals surface area contributed by atoms with E-state index in [1.54, 1.807) is 23.6 Å². The van der Waals surface area contributed by atoms with Gasteiger partial charge in [0, 0.05) is 125 Å². The van der Waals surface area contributed by atoms with Crippen molar-refractivity contribution in [2.24, 2.45) is 5.41 Å². The van der Waals surface area contributed by atoms with E-state index in [4.69, 9.17) is 10.4 Å². The van der Waals surface area contributed by atoms with Crippen LogP contribution in [-0.4, -0.2) is 136 Å². The van der Waals surface area contributed by atoms with Gasteiger partial charge in [0.05, 0.1) is 27.7 Å². The van der Waals surface area contributed by atoms with Gasteiger partial charge in [-0.2, -0.15) is 0 Å². The molecule has 8 N–H and O–H groups in total. The van der Waals surface area contributed by atoms with Crippen LogP contribution >= 0.6 is 11.3 Å². The first kappa shape index (κ1) is 57.4. The van der Waals surface area contributed by atoms with Crippen molar-refractivity contribution >= 4 is 58.6 Å². The highest BCUT2D eigenvalue weighted by atomic mass is 32.1. The van der Waals surface area contributed by atoms with Crippen molar-refractivity contribution in [1.82, 2.24) is 46.0 Å². The molecular formula is C57H74N12O7S. The van der Waals surface area contributed by atoms with Crippen LogP contribution in [0.15, 0.2) is 71.1 Å². The summed E-state index contributed by atoms with van der Waals surface area (Å²) in [6.07, 6.45) is 2.60. The van der Waals surface area contributed by atoms with Crippen LogP contribution in [0.2, 0.25) is 0 Å². The largest absolute Gasteiger partial charge is 0.391 e. The number of amides is 5. The van der Waals surface area contributed by atoms with Crippen molar-refractivity contribution in [2.75, 3.05) is 56.0 Å². The number of β-amino-alcohol motifs (C(OH)–C–C–N with tert-alkyl or cyclic N) is 1. The number of pyridine rings is 2. The molecule has 2 fully saturated rings. The molecule has 0 aliphatic carbocycles. The molecule has 0 radical (unpaired) electrons. The molecule has 5 amide bonds. The summed E-state index contributed by atoms with van der Waals surface area (Å²) in [4.78, 5) is 98.9. The molecule has 77 heavy (non-hydrogen) atoms. The van der Waals surface area contributed by atoms with Gasteiger partial charge in [0.1, 0.15) is 17.9 Å². The van der Waals surface area contributed by atoms with Crippen LogP contribution in [0.4, 0.5) is 11.5 Å². The number of hydrogen-bond donors (Lipinski definition) is 8. The lowest BCUT2D eigenvalue weighted by Crippen LogP contribution is -2.57. The predicted molar refractivity (Wildman–Crippen MR) is 301 cm³/mol. The number of aromatic amines is 1. The second kappa shape index (κ2) is 25.7. The summed E-state index contributed by atoms with van der Waals surface area (Å²) in [6.45, 7) is 19.4. The van der Waals surface area contributed by atoms with E-state index in [1.165, 1.54) is 11.1 Å². The third kappa shape index (κ3) is 15.0. The van der Waals surface area contributed by atoms with Crippen LogP contribution in [-0.2, 0) is 32.3 Å². The monoisotopic (exact) mass is 1070 g/mol. The Labute approximate surface area is 454 Å². The lowest BCUT2D eigenvalue weighted by molar-refractivity contribution is -0.144. The van der Waals surface area contributed by atoms with E-state index in [1.807, 2.05) is 109 Å². The molecule has 5 aromatic rings. The lowest BCUT2D eigenvalue weighted by atomic mass is 9.85. The number of aliphatic hydroxyl groups excluding tert-OH is 1. The fourth-order valence-corrected chi connectivity index (χ4v) is 10.6. The van der Waals surface area contributed by atoms with E-state index in [0.717, 1.165) is 76.1 Å². The molecular weight excluding hydrogens is 997 g/mol. The average Bonchev–Trinajstić information content (AvgIpc) is 4.01. The Kier molecular flexibility index (Phi) is 19.2. The highest BCUT2D eigenvalue weighted by Gasteiger charge is 2.44. The minimum Gasteiger partial charge on any atom is -0.391 e. The maximum absolute atomic E-state index is 14.1. The number of anilines is 2. The van der Waals surface area contributed by atoms with Gasteiger partial charge in [0.2, 0.25) is 23.6 Å². The molecule has 5 heterocycles. The second-order valence-corrected chi connectivity index (χ2v) is 22.3. The van der Waals surface area contributed by atoms with Crippen LogP contribution < -0.4 is 37.0 Å². The lowest BCUT2D eigenvalue weighted by Gasteiger charge is -2.35. The fourth-order valence-electron chi connectivity index (χ4n) is 9.77. The van der Waals surface area contributed by atoms with Gasteiger partial charge in [-0.3, -0.25) is 33.7 Å². The van der Waals surface area contributed by atoms with E-state index in [-0.39, 0.29) is 74.6 Å². The number of aromatic nitrogens is 3. The quantitative estimate of drug-likeness (QED) is 0.0427. The van der Waals surface area contributed by atoms with Gasteiger partial charge < -0.3 is 51.9 Å². The smallest absolute Gasteiger partial charge is 0.253 e. The molecule has 2 aliphatic rings. The first-order valence-corrected chi connectivity index (χ1v) is 27.2. The van der Waals surface area contributed by atoms with Gasteiger partial charge in [-0.25, -0.2) is 9.97 Å². The van der Waals surface area contributed by atoms with Gasteiger partial charge in [-0.15, -0.1) is 11.3 Å². The Morgan fingerprint density at radius 2 is 1.60 bits per heavy atom. The maximum atomic E-state index is 14.1. The Hall–Kier alpha value is -7.29. The molecule has 7 rings (SSSR count). The minimum absolute atomic E-state index is 0.0277. The predicted octanol–water partition coefficient (Wildman–Crippen LogP) is 5.45. The zero-order chi connectivity index (χ0) is 55.6. The summed E-state index contributed by atoms with van der Waals surface area (Å²) in [5.41, 5.74) is 8.64. The average molecular weight is 1070 g/mol.